The number of hydrogen-bond donors (Lipinski definition) is 1. The van der Waals surface area contributed by atoms with E-state index in [0.29, 0.717) is 39.3 Å². The van der Waals surface area contributed by atoms with Crippen molar-refractivity contribution in [2.75, 3.05) is 44.2 Å². The van der Waals surface area contributed by atoms with Crippen LogP contribution >= 0.6 is 0 Å². The molecule has 1 N–H and O–H groups in total. The fourth-order valence-electron chi connectivity index (χ4n) is 4.03. The Morgan fingerprint density at radius 1 is 1.03 bits per heavy atom. The Labute approximate surface area is 194 Å². The lowest BCUT2D eigenvalue weighted by Gasteiger charge is -2.45. The van der Waals surface area contributed by atoms with Crippen LogP contribution in [0.4, 0.5) is 32.3 Å². The van der Waals surface area contributed by atoms with Crippen molar-refractivity contribution in [2.45, 2.75) is 25.3 Å². The molecule has 2 fully saturated rings. The second-order valence-corrected chi connectivity index (χ2v) is 8.44. The number of nitrogens with one attached hydrogen (secondary N) is 1. The monoisotopic (exact) mass is 505 g/mol. The maximum atomic E-state index is 13.0. The van der Waals surface area contributed by atoms with Crippen molar-refractivity contribution in [1.29, 1.82) is 0 Å². The first kappa shape index (κ1) is 24.9. The number of anilines is 1. The van der Waals surface area contributed by atoms with Crippen LogP contribution in [-0.2, 0) is 17.1 Å². The van der Waals surface area contributed by atoms with E-state index in [1.54, 1.807) is 21.6 Å². The number of aromatic amines is 1. The van der Waals surface area contributed by atoms with Gasteiger partial charge >= 0.3 is 12.4 Å². The number of carbonyl (C=O) groups excluding carboxylic acids is 1. The summed E-state index contributed by atoms with van der Waals surface area (Å²) in [6.07, 6.45) is -7.88. The quantitative estimate of drug-likeness (QED) is 0.635. The molecule has 2 aliphatic rings. The topological polar surface area (TPSA) is 98.3 Å². The largest absolute Gasteiger partial charge is 0.421 e. The number of piperazine rings is 1. The highest BCUT2D eigenvalue weighted by molar-refractivity contribution is 5.80. The smallest absolute Gasteiger partial charge is 0.339 e. The molecule has 190 valence electrons. The Hall–Kier alpha value is -3.23. The van der Waals surface area contributed by atoms with Crippen molar-refractivity contribution in [3.05, 3.63) is 45.6 Å². The summed E-state index contributed by atoms with van der Waals surface area (Å²) in [5.41, 5.74) is -3.53. The highest BCUT2D eigenvalue weighted by Crippen LogP contribution is 2.32. The summed E-state index contributed by atoms with van der Waals surface area (Å²) in [5, 5.41) is 5.59. The molecule has 2 aliphatic heterocycles. The zero-order valence-electron chi connectivity index (χ0n) is 18.4. The van der Waals surface area contributed by atoms with Crippen molar-refractivity contribution in [3.8, 4) is 0 Å². The van der Waals surface area contributed by atoms with Gasteiger partial charge in [0.25, 0.3) is 5.56 Å². The van der Waals surface area contributed by atoms with Crippen LogP contribution in [0.5, 0.6) is 0 Å². The number of aromatic nitrogens is 4. The summed E-state index contributed by atoms with van der Waals surface area (Å²) in [7, 11) is 0. The average Bonchev–Trinajstić information content (AvgIpc) is 2.77. The Bertz CT molecular complexity index is 1120. The van der Waals surface area contributed by atoms with E-state index < -0.39 is 35.1 Å². The predicted molar refractivity (Wildman–Crippen MR) is 109 cm³/mol. The van der Waals surface area contributed by atoms with Gasteiger partial charge in [0.1, 0.15) is 5.56 Å². The van der Waals surface area contributed by atoms with Crippen LogP contribution in [-0.4, -0.2) is 75.1 Å². The first-order valence-corrected chi connectivity index (χ1v) is 10.7. The molecule has 2 aromatic rings. The summed E-state index contributed by atoms with van der Waals surface area (Å²) in [4.78, 5) is 36.9. The van der Waals surface area contributed by atoms with Gasteiger partial charge in [0.2, 0.25) is 11.9 Å². The lowest BCUT2D eigenvalue weighted by molar-refractivity contribution is -0.142. The van der Waals surface area contributed by atoms with Gasteiger partial charge in [-0.3, -0.25) is 14.5 Å². The zero-order valence-corrected chi connectivity index (χ0v) is 18.4. The molecule has 9 nitrogen and oxygen atoms in total. The van der Waals surface area contributed by atoms with E-state index in [2.05, 4.69) is 15.1 Å². The van der Waals surface area contributed by atoms with Crippen LogP contribution in [0.15, 0.2) is 23.3 Å². The number of alkyl halides is 6. The third-order valence-electron chi connectivity index (χ3n) is 6.20. The molecule has 0 saturated carbocycles. The van der Waals surface area contributed by atoms with Crippen molar-refractivity contribution in [3.63, 3.8) is 0 Å². The molecule has 0 unspecified atom stereocenters. The van der Waals surface area contributed by atoms with Gasteiger partial charge in [-0.05, 0) is 13.0 Å². The summed E-state index contributed by atoms with van der Waals surface area (Å²) in [6, 6.07) is 0.187. The van der Waals surface area contributed by atoms with E-state index >= 15 is 0 Å². The average molecular weight is 505 g/mol. The molecular formula is C20H21F6N7O2. The number of nitrogens with zero attached hydrogens (tertiary/aromatic N) is 6. The van der Waals surface area contributed by atoms with Crippen molar-refractivity contribution < 1.29 is 31.1 Å². The molecule has 0 aromatic carbocycles. The summed E-state index contributed by atoms with van der Waals surface area (Å²) in [6.45, 7) is 3.67. The lowest BCUT2D eigenvalue weighted by atomic mass is 9.95. The van der Waals surface area contributed by atoms with Gasteiger partial charge in [0, 0.05) is 51.7 Å². The van der Waals surface area contributed by atoms with Crippen LogP contribution in [0.3, 0.4) is 0 Å². The third kappa shape index (κ3) is 5.23. The molecule has 0 spiro atoms. The number of rotatable bonds is 4. The maximum Gasteiger partial charge on any atom is 0.421 e. The minimum absolute atomic E-state index is 0.0491. The molecule has 2 aromatic heterocycles. The molecule has 35 heavy (non-hydrogen) atoms. The highest BCUT2D eigenvalue weighted by Gasteiger charge is 2.40. The molecule has 0 aliphatic carbocycles. The Kier molecular flexibility index (Phi) is 6.46. The first-order chi connectivity index (χ1) is 16.3. The fourth-order valence-corrected chi connectivity index (χ4v) is 4.03. The van der Waals surface area contributed by atoms with Crippen LogP contribution in [0.25, 0.3) is 0 Å². The molecule has 0 bridgehead atoms. The highest BCUT2D eigenvalue weighted by atomic mass is 19.4. The first-order valence-electron chi connectivity index (χ1n) is 10.7. The van der Waals surface area contributed by atoms with Crippen LogP contribution in [0, 0.1) is 5.92 Å². The standard InChI is InChI=1S/C20H21F6N7O2/c1-11(15-6-14(20(24,25)26)16(34)30-29-15)33-9-12(10-33)17(35)31-2-4-32(5-3-31)18-27-7-13(8-28-18)19(21,22)23/h6-8,11-12H,2-5,9-10H2,1H3,(H,30,34)/t11-/m1/s1. The summed E-state index contributed by atoms with van der Waals surface area (Å²) >= 11 is 0. The fraction of sp³-hybridized carbons (Fsp3) is 0.550. The van der Waals surface area contributed by atoms with Crippen molar-refractivity contribution in [2.24, 2.45) is 5.92 Å². The molecule has 2 saturated heterocycles. The second kappa shape index (κ2) is 9.09. The van der Waals surface area contributed by atoms with Crippen molar-refractivity contribution in [1.82, 2.24) is 30.0 Å². The molecule has 1 atom stereocenters. The zero-order chi connectivity index (χ0) is 25.5. The number of halogens is 6. The van der Waals surface area contributed by atoms with Crippen LogP contribution in [0.1, 0.15) is 29.8 Å². The van der Waals surface area contributed by atoms with E-state index in [-0.39, 0.29) is 23.5 Å². The van der Waals surface area contributed by atoms with Gasteiger partial charge in [0.05, 0.1) is 23.2 Å². The molecular weight excluding hydrogens is 484 g/mol. The van der Waals surface area contributed by atoms with Gasteiger partial charge in [0.15, 0.2) is 0 Å². The molecule has 15 heteroatoms. The number of amides is 1. The summed E-state index contributed by atoms with van der Waals surface area (Å²) in [5.74, 6) is -0.289. The Morgan fingerprint density at radius 2 is 1.63 bits per heavy atom. The van der Waals surface area contributed by atoms with Crippen LogP contribution < -0.4 is 10.5 Å². The predicted octanol–water partition coefficient (Wildman–Crippen LogP) is 1.94. The normalized spacial score (nSPS) is 18.9. The van der Waals surface area contributed by atoms with E-state index in [1.165, 1.54) is 0 Å². The third-order valence-corrected chi connectivity index (χ3v) is 6.20. The maximum absolute atomic E-state index is 13.0. The number of carbonyl (C=O) groups is 1. The Morgan fingerprint density at radius 3 is 2.17 bits per heavy atom. The minimum atomic E-state index is -4.80. The van der Waals surface area contributed by atoms with Crippen LogP contribution in [0.2, 0.25) is 0 Å². The van der Waals surface area contributed by atoms with E-state index in [1.807, 2.05) is 5.10 Å². The van der Waals surface area contributed by atoms with Gasteiger partial charge in [-0.15, -0.1) is 0 Å². The summed E-state index contributed by atoms with van der Waals surface area (Å²) < 4.78 is 77.0. The Balaban J connectivity index is 1.29. The van der Waals surface area contributed by atoms with E-state index in [4.69, 9.17) is 0 Å². The molecule has 4 heterocycles. The molecule has 0 radical (unpaired) electrons. The number of likely N-dealkylation sites (tertiary alicyclic amines) is 1. The van der Waals surface area contributed by atoms with E-state index in [9.17, 15) is 35.9 Å². The van der Waals surface area contributed by atoms with E-state index in [0.717, 1.165) is 18.5 Å². The SMILES string of the molecule is C[C@H](c1cc(C(F)(F)F)c(=O)[nH]n1)N1CC(C(=O)N2CCN(c3ncc(C(F)(F)F)cn3)CC2)C1. The molecule has 1 amide bonds. The number of hydrogen-bond acceptors (Lipinski definition) is 7. The van der Waals surface area contributed by atoms with Gasteiger partial charge in [-0.2, -0.15) is 31.4 Å². The number of H-pyrrole nitrogens is 1. The van der Waals surface area contributed by atoms with Gasteiger partial charge in [-0.1, -0.05) is 0 Å². The minimum Gasteiger partial charge on any atom is -0.339 e. The van der Waals surface area contributed by atoms with Crippen molar-refractivity contribution >= 4 is 11.9 Å². The second-order valence-electron chi connectivity index (χ2n) is 8.44. The van der Waals surface area contributed by atoms with Gasteiger partial charge in [-0.25, -0.2) is 15.1 Å². The molecule has 4 rings (SSSR count). The van der Waals surface area contributed by atoms with Gasteiger partial charge < -0.3 is 9.80 Å². The lowest BCUT2D eigenvalue weighted by Crippen LogP contribution is -2.58.